The zero-order valence-electron chi connectivity index (χ0n) is 12.1. The number of hydrogen-bond acceptors (Lipinski definition) is 4. The van der Waals surface area contributed by atoms with Crippen molar-refractivity contribution in [1.82, 2.24) is 10.3 Å². The van der Waals surface area contributed by atoms with Crippen LogP contribution in [0.1, 0.15) is 18.2 Å². The highest BCUT2D eigenvalue weighted by molar-refractivity contribution is 8.18. The first-order chi connectivity index (χ1) is 10.7. The number of nitrogens with zero attached hydrogens (tertiary/aromatic N) is 2. The molecule has 5 heteroatoms. The Morgan fingerprint density at radius 1 is 1.23 bits per heavy atom. The quantitative estimate of drug-likeness (QED) is 0.882. The summed E-state index contributed by atoms with van der Waals surface area (Å²) in [5.74, 6) is -0.139. The summed E-state index contributed by atoms with van der Waals surface area (Å²) in [5.41, 5.74) is 2.86. The summed E-state index contributed by atoms with van der Waals surface area (Å²) in [6, 6.07) is 13.6. The van der Waals surface area contributed by atoms with Gasteiger partial charge in [-0.2, -0.15) is 0 Å². The lowest BCUT2D eigenvalue weighted by molar-refractivity contribution is -0.115. The Hall–Kier alpha value is -2.40. The van der Waals surface area contributed by atoms with Crippen molar-refractivity contribution in [2.75, 3.05) is 0 Å². The predicted molar refractivity (Wildman–Crippen MR) is 90.9 cm³/mol. The number of carbonyl (C=O) groups is 1. The summed E-state index contributed by atoms with van der Waals surface area (Å²) in [5, 5.41) is 3.37. The summed E-state index contributed by atoms with van der Waals surface area (Å²) in [7, 11) is 0. The number of amidine groups is 1. The van der Waals surface area contributed by atoms with Crippen molar-refractivity contribution in [2.45, 2.75) is 13.3 Å². The van der Waals surface area contributed by atoms with Gasteiger partial charge in [0.15, 0.2) is 5.17 Å². The molecule has 0 bridgehead atoms. The zero-order valence-corrected chi connectivity index (χ0v) is 12.9. The van der Waals surface area contributed by atoms with Crippen molar-refractivity contribution in [3.8, 4) is 0 Å². The number of amides is 1. The first kappa shape index (κ1) is 14.5. The number of nitrogens with one attached hydrogen (secondary N) is 1. The highest BCUT2D eigenvalue weighted by Crippen LogP contribution is 2.27. The molecular weight excluding hydrogens is 294 g/mol. The molecule has 0 spiro atoms. The number of pyridine rings is 1. The minimum absolute atomic E-state index is 0.139. The predicted octanol–water partition coefficient (Wildman–Crippen LogP) is 3.54. The number of aromatic nitrogens is 1. The number of benzene rings is 1. The molecule has 0 unspecified atom stereocenters. The van der Waals surface area contributed by atoms with Crippen LogP contribution in [0.5, 0.6) is 0 Å². The van der Waals surface area contributed by atoms with Crippen molar-refractivity contribution in [3.63, 3.8) is 0 Å². The van der Waals surface area contributed by atoms with Gasteiger partial charge in [-0.3, -0.25) is 9.78 Å². The number of hydrogen-bond donors (Lipinski definition) is 1. The molecule has 0 aliphatic carbocycles. The number of rotatable bonds is 3. The SMILES string of the molecule is CCc1ccc(N=C2NC(=O)/C(=C/c3ccccn3)S2)cc1. The van der Waals surface area contributed by atoms with E-state index in [1.807, 2.05) is 42.5 Å². The minimum Gasteiger partial charge on any atom is -0.300 e. The molecule has 22 heavy (non-hydrogen) atoms. The molecule has 0 atom stereocenters. The van der Waals surface area contributed by atoms with Crippen molar-refractivity contribution >= 4 is 34.6 Å². The van der Waals surface area contributed by atoms with E-state index in [9.17, 15) is 4.79 Å². The van der Waals surface area contributed by atoms with Gasteiger partial charge >= 0.3 is 0 Å². The normalized spacial score (nSPS) is 18.0. The Labute approximate surface area is 133 Å². The van der Waals surface area contributed by atoms with E-state index in [2.05, 4.69) is 22.2 Å². The standard InChI is InChI=1S/C17H15N3OS/c1-2-12-6-8-13(9-7-12)19-17-20-16(21)15(22-17)11-14-5-3-4-10-18-14/h3-11H,2H2,1H3,(H,19,20,21)/b15-11-. The van der Waals surface area contributed by atoms with Crippen LogP contribution in [-0.2, 0) is 11.2 Å². The van der Waals surface area contributed by atoms with Gasteiger partial charge in [-0.05, 0) is 54.1 Å². The third-order valence-electron chi connectivity index (χ3n) is 3.19. The first-order valence-corrected chi connectivity index (χ1v) is 7.86. The maximum Gasteiger partial charge on any atom is 0.264 e. The lowest BCUT2D eigenvalue weighted by atomic mass is 10.2. The second-order valence-electron chi connectivity index (χ2n) is 4.76. The Kier molecular flexibility index (Phi) is 4.34. The van der Waals surface area contributed by atoms with Crippen LogP contribution in [0.25, 0.3) is 6.08 Å². The van der Waals surface area contributed by atoms with Gasteiger partial charge in [0, 0.05) is 6.20 Å². The highest BCUT2D eigenvalue weighted by atomic mass is 32.2. The first-order valence-electron chi connectivity index (χ1n) is 7.04. The zero-order chi connectivity index (χ0) is 15.4. The van der Waals surface area contributed by atoms with Gasteiger partial charge in [-0.1, -0.05) is 25.1 Å². The molecule has 1 aromatic carbocycles. The maximum absolute atomic E-state index is 12.0. The van der Waals surface area contributed by atoms with Crippen LogP contribution < -0.4 is 5.32 Å². The van der Waals surface area contributed by atoms with Gasteiger partial charge in [0.05, 0.1) is 16.3 Å². The minimum atomic E-state index is -0.139. The van der Waals surface area contributed by atoms with Crippen LogP contribution in [0.15, 0.2) is 58.6 Å². The topological polar surface area (TPSA) is 54.4 Å². The molecule has 110 valence electrons. The molecule has 4 nitrogen and oxygen atoms in total. The van der Waals surface area contributed by atoms with E-state index in [0.29, 0.717) is 10.1 Å². The van der Waals surface area contributed by atoms with E-state index in [0.717, 1.165) is 17.8 Å². The van der Waals surface area contributed by atoms with Gasteiger partial charge in [-0.25, -0.2) is 4.99 Å². The van der Waals surface area contributed by atoms with Crippen LogP contribution in [0.4, 0.5) is 5.69 Å². The van der Waals surface area contributed by atoms with Crippen molar-refractivity contribution in [2.24, 2.45) is 4.99 Å². The fourth-order valence-electron chi connectivity index (χ4n) is 2.00. The van der Waals surface area contributed by atoms with E-state index in [1.165, 1.54) is 17.3 Å². The highest BCUT2D eigenvalue weighted by Gasteiger charge is 2.23. The lowest BCUT2D eigenvalue weighted by Crippen LogP contribution is -2.19. The van der Waals surface area contributed by atoms with Crippen LogP contribution >= 0.6 is 11.8 Å². The number of aliphatic imine (C=N–C) groups is 1. The molecule has 0 radical (unpaired) electrons. The van der Waals surface area contributed by atoms with E-state index >= 15 is 0 Å². The third-order valence-corrected chi connectivity index (χ3v) is 4.10. The third kappa shape index (κ3) is 3.43. The molecule has 2 aromatic rings. The lowest BCUT2D eigenvalue weighted by Gasteiger charge is -1.98. The van der Waals surface area contributed by atoms with Gasteiger partial charge in [-0.15, -0.1) is 0 Å². The largest absolute Gasteiger partial charge is 0.300 e. The molecule has 1 aromatic heterocycles. The van der Waals surface area contributed by atoms with E-state index in [-0.39, 0.29) is 5.91 Å². The Morgan fingerprint density at radius 2 is 2.05 bits per heavy atom. The number of thioether (sulfide) groups is 1. The molecule has 1 amide bonds. The molecule has 2 heterocycles. The fourth-order valence-corrected chi connectivity index (χ4v) is 2.83. The van der Waals surface area contributed by atoms with Crippen molar-refractivity contribution in [1.29, 1.82) is 0 Å². The van der Waals surface area contributed by atoms with Gasteiger partial charge < -0.3 is 5.32 Å². The average Bonchev–Trinajstić information content (AvgIpc) is 2.88. The van der Waals surface area contributed by atoms with E-state index < -0.39 is 0 Å². The average molecular weight is 309 g/mol. The number of carbonyl (C=O) groups excluding carboxylic acids is 1. The summed E-state index contributed by atoms with van der Waals surface area (Å²) >= 11 is 1.33. The van der Waals surface area contributed by atoms with E-state index in [1.54, 1.807) is 12.3 Å². The summed E-state index contributed by atoms with van der Waals surface area (Å²) in [4.78, 5) is 21.2. The molecule has 3 rings (SSSR count). The van der Waals surface area contributed by atoms with E-state index in [4.69, 9.17) is 0 Å². The van der Waals surface area contributed by atoms with Crippen LogP contribution in [0, 0.1) is 0 Å². The molecule has 1 saturated heterocycles. The smallest absolute Gasteiger partial charge is 0.264 e. The van der Waals surface area contributed by atoms with Gasteiger partial charge in [0.2, 0.25) is 0 Å². The maximum atomic E-state index is 12.0. The Balaban J connectivity index is 1.79. The van der Waals surface area contributed by atoms with Crippen LogP contribution in [0.2, 0.25) is 0 Å². The molecule has 1 aliphatic heterocycles. The van der Waals surface area contributed by atoms with Crippen molar-refractivity contribution < 1.29 is 4.79 Å². The van der Waals surface area contributed by atoms with Gasteiger partial charge in [0.25, 0.3) is 5.91 Å². The molecule has 1 aliphatic rings. The second kappa shape index (κ2) is 6.58. The summed E-state index contributed by atoms with van der Waals surface area (Å²) < 4.78 is 0. The number of aryl methyl sites for hydroxylation is 1. The van der Waals surface area contributed by atoms with Crippen LogP contribution in [0.3, 0.4) is 0 Å². The second-order valence-corrected chi connectivity index (χ2v) is 5.79. The molecule has 1 fully saturated rings. The summed E-state index contributed by atoms with van der Waals surface area (Å²) in [6.45, 7) is 2.11. The monoisotopic (exact) mass is 309 g/mol. The van der Waals surface area contributed by atoms with Crippen molar-refractivity contribution in [3.05, 3.63) is 64.8 Å². The Bertz CT molecular complexity index is 736. The van der Waals surface area contributed by atoms with Crippen LogP contribution in [-0.4, -0.2) is 16.1 Å². The molecular formula is C17H15N3OS. The fraction of sp³-hybridized carbons (Fsp3) is 0.118. The molecule has 0 saturated carbocycles. The van der Waals surface area contributed by atoms with Gasteiger partial charge in [0.1, 0.15) is 0 Å². The molecule has 1 N–H and O–H groups in total. The Morgan fingerprint density at radius 3 is 2.73 bits per heavy atom. The summed E-state index contributed by atoms with van der Waals surface area (Å²) in [6.07, 6.45) is 4.47.